The van der Waals surface area contributed by atoms with Crippen LogP contribution >= 0.6 is 24.0 Å². The molecule has 0 aromatic heterocycles. The first-order chi connectivity index (χ1) is 26.9. The Morgan fingerprint density at radius 1 is 0.911 bits per heavy atom. The lowest BCUT2D eigenvalue weighted by atomic mass is 9.31. The van der Waals surface area contributed by atoms with Crippen LogP contribution in [0.15, 0.2) is 140 Å². The number of aryl methyl sites for hydroxylation is 1. The highest BCUT2D eigenvalue weighted by molar-refractivity contribution is 8.07. The van der Waals surface area contributed by atoms with Gasteiger partial charge in [0, 0.05) is 36.9 Å². The van der Waals surface area contributed by atoms with E-state index in [1.54, 1.807) is 0 Å². The van der Waals surface area contributed by atoms with Crippen LogP contribution in [0, 0.1) is 36.5 Å². The van der Waals surface area contributed by atoms with Crippen molar-refractivity contribution in [2.45, 2.75) is 90.9 Å². The predicted molar refractivity (Wildman–Crippen MR) is 244 cm³/mol. The standard InChI is InChI=1S/C50H52BNOS3/c1-29-23-33(5)46-42(26-29)56(53)50(7)22-21-31(3)43-47(54)38-27-39-41(28-49(38,6)52(46)48(43)50)55-40-20-14-15-32(4)44(40)51(39)45-36(34-16-10-8-11-17-34)24-30(2)25-37(45)35-18-12-9-13-19-35/h8-14,16-20,24-25,27-29,31-33,38H,15,21-23,26H2,1-7H3/t29?,31?,32?,33?,38-,49?,50?,56?/m1/s1. The van der Waals surface area contributed by atoms with E-state index in [-0.39, 0.29) is 12.6 Å². The molecule has 4 aliphatic carbocycles. The van der Waals surface area contributed by atoms with Gasteiger partial charge < -0.3 is 4.90 Å². The van der Waals surface area contributed by atoms with Crippen molar-refractivity contribution in [1.82, 2.24) is 4.90 Å². The molecule has 7 aliphatic rings. The van der Waals surface area contributed by atoms with Crippen molar-refractivity contribution >= 4 is 51.8 Å². The van der Waals surface area contributed by atoms with Gasteiger partial charge in [0.2, 0.25) is 6.71 Å². The van der Waals surface area contributed by atoms with E-state index >= 15 is 0 Å². The molecule has 0 amide bonds. The largest absolute Gasteiger partial charge is 0.335 e. The third-order valence-corrected chi connectivity index (χ3v) is 18.0. The summed E-state index contributed by atoms with van der Waals surface area (Å²) < 4.78 is 14.5. The summed E-state index contributed by atoms with van der Waals surface area (Å²) in [5, 5.41) is 0. The molecule has 3 aliphatic heterocycles. The minimum atomic E-state index is -1.08. The number of rotatable bonds is 3. The molecule has 0 N–H and O–H groups in total. The first kappa shape index (κ1) is 36.9. The van der Waals surface area contributed by atoms with Crippen molar-refractivity contribution in [3.8, 4) is 22.3 Å². The fraction of sp³-hybridized carbons (Fsp3) is 0.380. The molecule has 0 bridgehead atoms. The van der Waals surface area contributed by atoms with Crippen molar-refractivity contribution in [3.63, 3.8) is 0 Å². The zero-order chi connectivity index (χ0) is 38.8. The summed E-state index contributed by atoms with van der Waals surface area (Å²) in [6.07, 6.45) is 15.1. The molecule has 7 unspecified atom stereocenters. The van der Waals surface area contributed by atoms with Crippen LogP contribution in [0.25, 0.3) is 22.3 Å². The summed E-state index contributed by atoms with van der Waals surface area (Å²) >= 11 is 8.80. The Hall–Kier alpha value is -3.45. The Kier molecular flexibility index (Phi) is 8.75. The van der Waals surface area contributed by atoms with Crippen LogP contribution in [0.1, 0.15) is 79.2 Å². The fourth-order valence-corrected chi connectivity index (χ4v) is 16.0. The number of thiocarbonyl (C=S) groups is 1. The van der Waals surface area contributed by atoms with E-state index in [9.17, 15) is 4.21 Å². The molecule has 284 valence electrons. The third kappa shape index (κ3) is 5.27. The molecule has 3 aromatic carbocycles. The average molecular weight is 790 g/mol. The zero-order valence-electron chi connectivity index (χ0n) is 33.8. The van der Waals surface area contributed by atoms with Gasteiger partial charge in [0.1, 0.15) is 0 Å². The van der Waals surface area contributed by atoms with Gasteiger partial charge >= 0.3 is 0 Å². The molecule has 3 aromatic rings. The number of fused-ring (bicyclic) bond motifs is 4. The molecule has 0 radical (unpaired) electrons. The van der Waals surface area contributed by atoms with Gasteiger partial charge in [-0.2, -0.15) is 0 Å². The van der Waals surface area contributed by atoms with Crippen LogP contribution in [0.4, 0.5) is 0 Å². The summed E-state index contributed by atoms with van der Waals surface area (Å²) in [6.45, 7) is 16.7. The molecule has 0 fully saturated rings. The Labute approximate surface area is 346 Å². The lowest BCUT2D eigenvalue weighted by Crippen LogP contribution is -2.65. The Bertz CT molecular complexity index is 2380. The number of nitrogens with zero attached hydrogens (tertiary/aromatic N) is 1. The molecular formula is C50H52BNOS3. The van der Waals surface area contributed by atoms with E-state index in [0.717, 1.165) is 37.0 Å². The molecule has 8 atom stereocenters. The van der Waals surface area contributed by atoms with Crippen LogP contribution in [0.3, 0.4) is 0 Å². The molecule has 0 saturated heterocycles. The topological polar surface area (TPSA) is 20.3 Å². The lowest BCUT2D eigenvalue weighted by Gasteiger charge is -2.62. The first-order valence-electron chi connectivity index (χ1n) is 20.9. The van der Waals surface area contributed by atoms with Crippen LogP contribution in [-0.2, 0) is 10.8 Å². The third-order valence-electron chi connectivity index (χ3n) is 14.4. The highest BCUT2D eigenvalue weighted by atomic mass is 32.2. The second kappa shape index (κ2) is 13.3. The second-order valence-corrected chi connectivity index (χ2v) is 21.8. The predicted octanol–water partition coefficient (Wildman–Crippen LogP) is 12.1. The first-order valence-corrected chi connectivity index (χ1v) is 23.3. The molecule has 6 heteroatoms. The monoisotopic (exact) mass is 789 g/mol. The molecule has 2 nitrogen and oxygen atoms in total. The van der Waals surface area contributed by atoms with Gasteiger partial charge in [-0.3, -0.25) is 4.21 Å². The van der Waals surface area contributed by atoms with E-state index in [2.05, 4.69) is 150 Å². The van der Waals surface area contributed by atoms with Gasteiger partial charge in [-0.1, -0.05) is 159 Å². The van der Waals surface area contributed by atoms with Gasteiger partial charge in [-0.05, 0) is 116 Å². The van der Waals surface area contributed by atoms with Crippen molar-refractivity contribution in [2.75, 3.05) is 0 Å². The van der Waals surface area contributed by atoms with Crippen molar-refractivity contribution in [1.29, 1.82) is 0 Å². The summed E-state index contributed by atoms with van der Waals surface area (Å²) in [4.78, 5) is 7.80. The van der Waals surface area contributed by atoms with Crippen molar-refractivity contribution in [3.05, 3.63) is 145 Å². The maximum atomic E-state index is 15.0. The lowest BCUT2D eigenvalue weighted by molar-refractivity contribution is 0.150. The summed E-state index contributed by atoms with van der Waals surface area (Å²) in [7, 11) is -1.08. The molecule has 3 heterocycles. The van der Waals surface area contributed by atoms with Gasteiger partial charge in [0.15, 0.2) is 0 Å². The van der Waals surface area contributed by atoms with Crippen molar-refractivity contribution in [2.24, 2.45) is 29.6 Å². The van der Waals surface area contributed by atoms with E-state index in [4.69, 9.17) is 12.2 Å². The average Bonchev–Trinajstić information content (AvgIpc) is 3.18. The number of benzene rings is 3. The summed E-state index contributed by atoms with van der Waals surface area (Å²) in [5.74, 6) is 1.61. The minimum absolute atomic E-state index is 0.0112. The Morgan fingerprint density at radius 3 is 2.23 bits per heavy atom. The smallest absolute Gasteiger partial charge is 0.241 e. The molecule has 0 saturated carbocycles. The molecular weight excluding hydrogens is 738 g/mol. The summed E-state index contributed by atoms with van der Waals surface area (Å²) in [6, 6.07) is 27.0. The van der Waals surface area contributed by atoms with Gasteiger partial charge in [0.25, 0.3) is 0 Å². The van der Waals surface area contributed by atoms with Gasteiger partial charge in [-0.15, -0.1) is 0 Å². The van der Waals surface area contributed by atoms with E-state index in [0.29, 0.717) is 23.7 Å². The maximum Gasteiger partial charge on any atom is 0.241 e. The highest BCUT2D eigenvalue weighted by Crippen LogP contribution is 2.62. The number of thioether (sulfide) groups is 1. The minimum Gasteiger partial charge on any atom is -0.335 e. The van der Waals surface area contributed by atoms with Crippen LogP contribution in [0.5, 0.6) is 0 Å². The number of allylic oxidation sites excluding steroid dienone is 7. The molecule has 0 spiro atoms. The molecule has 10 rings (SSSR count). The summed E-state index contributed by atoms with van der Waals surface area (Å²) in [5.41, 5.74) is 14.3. The van der Waals surface area contributed by atoms with Crippen molar-refractivity contribution < 1.29 is 4.21 Å². The molecule has 56 heavy (non-hydrogen) atoms. The maximum absolute atomic E-state index is 15.0. The Morgan fingerprint density at radius 2 is 1.57 bits per heavy atom. The van der Waals surface area contributed by atoms with Crippen LogP contribution < -0.4 is 5.46 Å². The number of hydrogen-bond donors (Lipinski definition) is 0. The Balaban J connectivity index is 1.27. The van der Waals surface area contributed by atoms with E-state index < -0.39 is 21.1 Å². The quantitative estimate of drug-likeness (QED) is 0.194. The fourth-order valence-electron chi connectivity index (χ4n) is 11.8. The zero-order valence-corrected chi connectivity index (χ0v) is 36.3. The van der Waals surface area contributed by atoms with E-state index in [1.807, 2.05) is 11.8 Å². The van der Waals surface area contributed by atoms with E-state index in [1.165, 1.54) is 75.9 Å². The normalized spacial score (nSPS) is 33.3. The van der Waals surface area contributed by atoms with Crippen LogP contribution in [-0.4, -0.2) is 31.0 Å². The number of hydrogen-bond acceptors (Lipinski definition) is 4. The van der Waals surface area contributed by atoms with Gasteiger partial charge in [0.05, 0.1) is 21.1 Å². The second-order valence-electron chi connectivity index (χ2n) is 18.4. The SMILES string of the molecule is Cc1cc(-c2ccccc2)c(B2C3=C[C@@H]4C(=S)C5=C6N(C7=C(CC(C)CC7C)S(=O)C6(C)CCC5C)C4(C)C=C3SC3=C2C(C)CC=C3)c(-c2ccccc2)c1. The van der Waals surface area contributed by atoms with Gasteiger partial charge in [-0.25, -0.2) is 0 Å². The highest BCUT2D eigenvalue weighted by Gasteiger charge is 2.61. The van der Waals surface area contributed by atoms with Crippen LogP contribution in [0.2, 0.25) is 0 Å².